The average molecular weight is 386 g/mol. The summed E-state index contributed by atoms with van der Waals surface area (Å²) in [6, 6.07) is -2.37. The smallest absolute Gasteiger partial charge is 0.416 e. The highest BCUT2D eigenvalue weighted by molar-refractivity contribution is 6.30. The first kappa shape index (κ1) is 21.8. The standard InChI is InChI=1S/C12H10ClF6NO2.ClH/c1-2-22-10(21)11(15,16)9(20)6-3-5(12(17,18)19)4-7(13)8(6)14;/h3-4,9H,2,20H2,1H3;1H/t9-;/m0./s1. The lowest BCUT2D eigenvalue weighted by atomic mass is 9.98. The molecule has 0 aliphatic rings. The maximum absolute atomic E-state index is 13.7. The van der Waals surface area contributed by atoms with Crippen molar-refractivity contribution in [3.8, 4) is 0 Å². The molecule has 23 heavy (non-hydrogen) atoms. The summed E-state index contributed by atoms with van der Waals surface area (Å²) in [5.74, 6) is -8.06. The molecule has 0 fully saturated rings. The number of hydrogen-bond donors (Lipinski definition) is 1. The van der Waals surface area contributed by atoms with Crippen molar-refractivity contribution >= 4 is 30.0 Å². The van der Waals surface area contributed by atoms with Gasteiger partial charge in [-0.15, -0.1) is 12.4 Å². The van der Waals surface area contributed by atoms with E-state index in [1.165, 1.54) is 6.92 Å². The molecule has 0 aliphatic heterocycles. The molecule has 1 atom stereocenters. The van der Waals surface area contributed by atoms with Crippen molar-refractivity contribution in [3.05, 3.63) is 34.1 Å². The van der Waals surface area contributed by atoms with Gasteiger partial charge < -0.3 is 10.5 Å². The van der Waals surface area contributed by atoms with E-state index >= 15 is 0 Å². The predicted molar refractivity (Wildman–Crippen MR) is 72.2 cm³/mol. The first-order valence-corrected chi connectivity index (χ1v) is 6.17. The van der Waals surface area contributed by atoms with Crippen molar-refractivity contribution in [3.63, 3.8) is 0 Å². The van der Waals surface area contributed by atoms with Gasteiger partial charge in [0.2, 0.25) is 0 Å². The minimum absolute atomic E-state index is 0. The Kier molecular flexibility index (Phi) is 7.19. The van der Waals surface area contributed by atoms with Crippen LogP contribution in [0, 0.1) is 5.82 Å². The predicted octanol–water partition coefficient (Wildman–Crippen LogP) is 4.12. The fraction of sp³-hybridized carbons (Fsp3) is 0.417. The van der Waals surface area contributed by atoms with E-state index in [-0.39, 0.29) is 24.5 Å². The van der Waals surface area contributed by atoms with E-state index in [1.54, 1.807) is 0 Å². The van der Waals surface area contributed by atoms with Gasteiger partial charge in [0.1, 0.15) is 11.9 Å². The molecule has 0 amide bonds. The van der Waals surface area contributed by atoms with Gasteiger partial charge >= 0.3 is 18.1 Å². The highest BCUT2D eigenvalue weighted by Gasteiger charge is 2.49. The third-order valence-electron chi connectivity index (χ3n) is 2.66. The molecule has 1 aromatic carbocycles. The van der Waals surface area contributed by atoms with Gasteiger partial charge in [0.05, 0.1) is 17.2 Å². The summed E-state index contributed by atoms with van der Waals surface area (Å²) in [7, 11) is 0. The molecule has 132 valence electrons. The van der Waals surface area contributed by atoms with Crippen LogP contribution in [0.3, 0.4) is 0 Å². The number of halogens is 8. The molecule has 0 aromatic heterocycles. The van der Waals surface area contributed by atoms with Crippen LogP contribution in [0.4, 0.5) is 26.3 Å². The number of carbonyl (C=O) groups excluding carboxylic acids is 1. The van der Waals surface area contributed by atoms with Crippen LogP contribution in [0.25, 0.3) is 0 Å². The Labute approximate surface area is 138 Å². The molecule has 11 heteroatoms. The van der Waals surface area contributed by atoms with Crippen LogP contribution in [-0.4, -0.2) is 18.5 Å². The van der Waals surface area contributed by atoms with E-state index in [0.717, 1.165) is 0 Å². The lowest BCUT2D eigenvalue weighted by Gasteiger charge is -2.23. The number of ether oxygens (including phenoxy) is 1. The van der Waals surface area contributed by atoms with E-state index in [0.29, 0.717) is 0 Å². The summed E-state index contributed by atoms with van der Waals surface area (Å²) in [6.07, 6.45) is -4.95. The van der Waals surface area contributed by atoms with Crippen LogP contribution in [0.15, 0.2) is 12.1 Å². The Hall–Kier alpha value is -1.19. The van der Waals surface area contributed by atoms with Gasteiger partial charge in [-0.1, -0.05) is 11.6 Å². The monoisotopic (exact) mass is 385 g/mol. The Balaban J connectivity index is 0.00000484. The van der Waals surface area contributed by atoms with Crippen molar-refractivity contribution in [2.75, 3.05) is 6.61 Å². The molecular formula is C12H11Cl2F6NO2. The van der Waals surface area contributed by atoms with Gasteiger partial charge in [-0.3, -0.25) is 0 Å². The Morgan fingerprint density at radius 1 is 1.30 bits per heavy atom. The molecule has 1 rings (SSSR count). The summed E-state index contributed by atoms with van der Waals surface area (Å²) in [5.41, 5.74) is 2.36. The normalized spacial score (nSPS) is 13.3. The van der Waals surface area contributed by atoms with Crippen LogP contribution in [0.5, 0.6) is 0 Å². The molecule has 0 saturated carbocycles. The molecule has 0 unspecified atom stereocenters. The molecule has 3 nitrogen and oxygen atoms in total. The van der Waals surface area contributed by atoms with Crippen molar-refractivity contribution < 1.29 is 35.9 Å². The van der Waals surface area contributed by atoms with E-state index in [9.17, 15) is 31.1 Å². The molecule has 1 aromatic rings. The van der Waals surface area contributed by atoms with Gasteiger partial charge in [-0.2, -0.15) is 22.0 Å². The average Bonchev–Trinajstić information content (AvgIpc) is 2.39. The van der Waals surface area contributed by atoms with Gasteiger partial charge in [0, 0.05) is 5.56 Å². The fourth-order valence-corrected chi connectivity index (χ4v) is 1.78. The molecule has 2 N–H and O–H groups in total. The Morgan fingerprint density at radius 2 is 1.83 bits per heavy atom. The second-order valence-corrected chi connectivity index (χ2v) is 4.59. The van der Waals surface area contributed by atoms with Crippen LogP contribution in [-0.2, 0) is 15.7 Å². The lowest BCUT2D eigenvalue weighted by Crippen LogP contribution is -2.42. The first-order chi connectivity index (χ1) is 9.92. The number of benzene rings is 1. The SMILES string of the molecule is CCOC(=O)C(F)(F)[C@@H](N)c1cc(C(F)(F)F)cc(Cl)c1F.Cl. The molecule has 0 radical (unpaired) electrons. The number of nitrogens with two attached hydrogens (primary N) is 1. The van der Waals surface area contributed by atoms with E-state index in [1.807, 2.05) is 0 Å². The van der Waals surface area contributed by atoms with E-state index in [2.05, 4.69) is 4.74 Å². The maximum atomic E-state index is 13.7. The highest BCUT2D eigenvalue weighted by Crippen LogP contribution is 2.38. The number of esters is 1. The van der Waals surface area contributed by atoms with Crippen molar-refractivity contribution in [1.82, 2.24) is 0 Å². The number of hydrogen-bond acceptors (Lipinski definition) is 3. The summed E-state index contributed by atoms with van der Waals surface area (Å²) in [6.45, 7) is 0.828. The fourth-order valence-electron chi connectivity index (χ4n) is 1.55. The van der Waals surface area contributed by atoms with Crippen LogP contribution in [0.2, 0.25) is 5.02 Å². The van der Waals surface area contributed by atoms with Crippen LogP contribution in [0.1, 0.15) is 24.1 Å². The molecule has 0 aliphatic carbocycles. The van der Waals surface area contributed by atoms with E-state index in [4.69, 9.17) is 17.3 Å². The van der Waals surface area contributed by atoms with Gasteiger partial charge in [-0.25, -0.2) is 9.18 Å². The largest absolute Gasteiger partial charge is 0.462 e. The third kappa shape index (κ3) is 4.65. The number of carbonyl (C=O) groups is 1. The molecule has 0 saturated heterocycles. The zero-order valence-corrected chi connectivity index (χ0v) is 13.0. The molecule has 0 heterocycles. The second-order valence-electron chi connectivity index (χ2n) is 4.18. The lowest BCUT2D eigenvalue weighted by molar-refractivity contribution is -0.174. The minimum atomic E-state index is -4.95. The van der Waals surface area contributed by atoms with Gasteiger partial charge in [0.25, 0.3) is 0 Å². The van der Waals surface area contributed by atoms with Crippen molar-refractivity contribution in [2.24, 2.45) is 5.73 Å². The maximum Gasteiger partial charge on any atom is 0.416 e. The quantitative estimate of drug-likeness (QED) is 0.626. The Bertz CT molecular complexity index is 579. The summed E-state index contributed by atoms with van der Waals surface area (Å²) < 4.78 is 83.1. The summed E-state index contributed by atoms with van der Waals surface area (Å²) in [5, 5.41) is -1.04. The zero-order chi connectivity index (χ0) is 17.3. The number of rotatable bonds is 4. The molecule has 0 bridgehead atoms. The van der Waals surface area contributed by atoms with Gasteiger partial charge in [0.15, 0.2) is 0 Å². The third-order valence-corrected chi connectivity index (χ3v) is 2.93. The highest BCUT2D eigenvalue weighted by atomic mass is 35.5. The zero-order valence-electron chi connectivity index (χ0n) is 11.4. The minimum Gasteiger partial charge on any atom is -0.462 e. The number of alkyl halides is 5. The summed E-state index contributed by atoms with van der Waals surface area (Å²) in [4.78, 5) is 11.1. The van der Waals surface area contributed by atoms with Crippen molar-refractivity contribution in [2.45, 2.75) is 25.1 Å². The first-order valence-electron chi connectivity index (χ1n) is 5.79. The van der Waals surface area contributed by atoms with Crippen LogP contribution >= 0.6 is 24.0 Å². The molecular weight excluding hydrogens is 375 g/mol. The Morgan fingerprint density at radius 3 is 2.26 bits per heavy atom. The van der Waals surface area contributed by atoms with Crippen molar-refractivity contribution in [1.29, 1.82) is 0 Å². The topological polar surface area (TPSA) is 52.3 Å². The van der Waals surface area contributed by atoms with Crippen LogP contribution < -0.4 is 5.73 Å². The second kappa shape index (κ2) is 7.59. The summed E-state index contributed by atoms with van der Waals surface area (Å²) >= 11 is 5.27. The molecule has 0 spiro atoms. The van der Waals surface area contributed by atoms with E-state index < -0.39 is 52.7 Å². The van der Waals surface area contributed by atoms with Gasteiger partial charge in [-0.05, 0) is 19.1 Å².